The number of carbonyl (C=O) groups is 1. The summed E-state index contributed by atoms with van der Waals surface area (Å²) in [7, 11) is -4.14. The predicted molar refractivity (Wildman–Crippen MR) is 66.7 cm³/mol. The third-order valence-electron chi connectivity index (χ3n) is 2.23. The maximum atomic E-state index is 11.9. The fourth-order valence-electron chi connectivity index (χ4n) is 1.26. The van der Waals surface area contributed by atoms with Gasteiger partial charge in [-0.2, -0.15) is 0 Å². The molecule has 1 aromatic rings. The van der Waals surface area contributed by atoms with E-state index in [1.807, 2.05) is 4.72 Å². The zero-order valence-corrected chi connectivity index (χ0v) is 11.1. The van der Waals surface area contributed by atoms with E-state index >= 15 is 0 Å². The Bertz CT molecular complexity index is 569. The van der Waals surface area contributed by atoms with E-state index in [0.29, 0.717) is 0 Å². The Morgan fingerprint density at radius 3 is 2.37 bits per heavy atom. The minimum atomic E-state index is -4.14. The molecule has 7 nitrogen and oxygen atoms in total. The fourth-order valence-corrected chi connectivity index (χ4v) is 3.00. The molecule has 0 radical (unpaired) electrons. The van der Waals surface area contributed by atoms with Crippen LogP contribution in [0.2, 0.25) is 5.02 Å². The molecule has 0 atom stereocenters. The second-order valence-electron chi connectivity index (χ2n) is 3.63. The lowest BCUT2D eigenvalue weighted by molar-refractivity contribution is 0.0696. The van der Waals surface area contributed by atoms with Crippen molar-refractivity contribution in [1.82, 2.24) is 4.72 Å². The number of nitrogens with one attached hydrogen (secondary N) is 1. The van der Waals surface area contributed by atoms with Crippen molar-refractivity contribution in [2.75, 3.05) is 13.2 Å². The first-order valence-electron chi connectivity index (χ1n) is 5.08. The first-order valence-corrected chi connectivity index (χ1v) is 6.95. The molecule has 4 N–H and O–H groups in total. The van der Waals surface area contributed by atoms with E-state index in [1.54, 1.807) is 0 Å². The number of hydrogen-bond acceptors (Lipinski definition) is 5. The quantitative estimate of drug-likeness (QED) is 0.570. The van der Waals surface area contributed by atoms with Gasteiger partial charge in [-0.15, -0.1) is 0 Å². The summed E-state index contributed by atoms with van der Waals surface area (Å²) in [4.78, 5) is 10.4. The minimum absolute atomic E-state index is 0.160. The number of benzene rings is 1. The summed E-state index contributed by atoms with van der Waals surface area (Å²) in [5, 5.41) is 26.3. The molecule has 0 saturated carbocycles. The van der Waals surface area contributed by atoms with Gasteiger partial charge in [-0.3, -0.25) is 0 Å². The topological polar surface area (TPSA) is 124 Å². The van der Waals surface area contributed by atoms with Crippen molar-refractivity contribution in [3.05, 3.63) is 28.8 Å². The van der Waals surface area contributed by atoms with Crippen molar-refractivity contribution in [1.29, 1.82) is 0 Å². The van der Waals surface area contributed by atoms with Gasteiger partial charge < -0.3 is 15.3 Å². The van der Waals surface area contributed by atoms with Crippen LogP contribution in [0.1, 0.15) is 10.4 Å². The Balaban J connectivity index is 3.20. The highest BCUT2D eigenvalue weighted by Crippen LogP contribution is 2.22. The van der Waals surface area contributed by atoms with Crippen LogP contribution >= 0.6 is 11.6 Å². The van der Waals surface area contributed by atoms with Gasteiger partial charge in [-0.1, -0.05) is 11.6 Å². The van der Waals surface area contributed by atoms with Crippen LogP contribution in [-0.4, -0.2) is 49.0 Å². The van der Waals surface area contributed by atoms with Gasteiger partial charge in [0.2, 0.25) is 10.0 Å². The molecule has 0 aliphatic rings. The van der Waals surface area contributed by atoms with E-state index < -0.39 is 40.1 Å². The van der Waals surface area contributed by atoms with E-state index in [-0.39, 0.29) is 10.6 Å². The lowest BCUT2D eigenvalue weighted by atomic mass is 10.2. The van der Waals surface area contributed by atoms with Gasteiger partial charge >= 0.3 is 5.97 Å². The van der Waals surface area contributed by atoms with Gasteiger partial charge in [0.25, 0.3) is 0 Å². The summed E-state index contributed by atoms with van der Waals surface area (Å²) in [5.74, 6) is -1.30. The highest BCUT2D eigenvalue weighted by molar-refractivity contribution is 7.89. The lowest BCUT2D eigenvalue weighted by Crippen LogP contribution is -2.40. The molecule has 1 rings (SSSR count). The predicted octanol–water partition coefficient (Wildman–Crippen LogP) is -0.330. The van der Waals surface area contributed by atoms with Crippen LogP contribution in [0.5, 0.6) is 0 Å². The third kappa shape index (κ3) is 3.88. The molecule has 0 saturated heterocycles. The Morgan fingerprint density at radius 1 is 1.32 bits per heavy atom. The van der Waals surface area contributed by atoms with Crippen LogP contribution in [0.15, 0.2) is 23.1 Å². The van der Waals surface area contributed by atoms with Crippen molar-refractivity contribution >= 4 is 27.6 Å². The van der Waals surface area contributed by atoms with Crippen molar-refractivity contribution < 1.29 is 28.5 Å². The van der Waals surface area contributed by atoms with Crippen molar-refractivity contribution in [2.45, 2.75) is 10.9 Å². The van der Waals surface area contributed by atoms with Gasteiger partial charge in [0.1, 0.15) is 4.90 Å². The number of aromatic carboxylic acids is 1. The SMILES string of the molecule is O=C(O)c1ccc(Cl)c(S(=O)(=O)NC(CO)CO)c1. The van der Waals surface area contributed by atoms with Gasteiger partial charge in [0.05, 0.1) is 29.8 Å². The van der Waals surface area contributed by atoms with E-state index in [0.717, 1.165) is 12.1 Å². The van der Waals surface area contributed by atoms with Crippen LogP contribution in [0, 0.1) is 0 Å². The number of rotatable bonds is 6. The largest absolute Gasteiger partial charge is 0.478 e. The minimum Gasteiger partial charge on any atom is -0.478 e. The Labute approximate surface area is 114 Å². The molecule has 106 valence electrons. The molecule has 0 bridgehead atoms. The van der Waals surface area contributed by atoms with E-state index in [4.69, 9.17) is 26.9 Å². The molecule has 0 unspecified atom stereocenters. The Kier molecular flexibility index (Phi) is 5.27. The summed E-state index contributed by atoms with van der Waals surface area (Å²) in [6.07, 6.45) is 0. The van der Waals surface area contributed by atoms with Crippen LogP contribution in [0.3, 0.4) is 0 Å². The van der Waals surface area contributed by atoms with Gasteiger partial charge in [-0.05, 0) is 18.2 Å². The maximum Gasteiger partial charge on any atom is 0.335 e. The molecule has 0 spiro atoms. The van der Waals surface area contributed by atoms with Crippen molar-refractivity contribution in [3.8, 4) is 0 Å². The molecule has 0 aliphatic carbocycles. The third-order valence-corrected chi connectivity index (χ3v) is 4.23. The normalized spacial score (nSPS) is 11.8. The molecule has 19 heavy (non-hydrogen) atoms. The monoisotopic (exact) mass is 309 g/mol. The first-order chi connectivity index (χ1) is 8.81. The standard InChI is InChI=1S/C10H12ClNO6S/c11-8-2-1-6(10(15)16)3-9(8)19(17,18)12-7(4-13)5-14/h1-3,7,12-14H,4-5H2,(H,15,16). The molecule has 0 amide bonds. The smallest absolute Gasteiger partial charge is 0.335 e. The van der Waals surface area contributed by atoms with Gasteiger partial charge in [0, 0.05) is 0 Å². The number of carboxylic acid groups (broad SMARTS) is 1. The van der Waals surface area contributed by atoms with Crippen molar-refractivity contribution in [3.63, 3.8) is 0 Å². The van der Waals surface area contributed by atoms with Crippen LogP contribution in [0.4, 0.5) is 0 Å². The second-order valence-corrected chi connectivity index (χ2v) is 5.72. The number of carboxylic acids is 1. The molecule has 0 fully saturated rings. The number of aliphatic hydroxyl groups is 2. The van der Waals surface area contributed by atoms with Crippen LogP contribution < -0.4 is 4.72 Å². The average molecular weight is 310 g/mol. The molecular weight excluding hydrogens is 298 g/mol. The number of sulfonamides is 1. The Hall–Kier alpha value is -1.19. The lowest BCUT2D eigenvalue weighted by Gasteiger charge is -2.14. The molecule has 0 aromatic heterocycles. The van der Waals surface area contributed by atoms with E-state index in [9.17, 15) is 13.2 Å². The van der Waals surface area contributed by atoms with Gasteiger partial charge in [-0.25, -0.2) is 17.9 Å². The summed E-state index contributed by atoms with van der Waals surface area (Å²) in [6.45, 7) is -1.21. The summed E-state index contributed by atoms with van der Waals surface area (Å²) in [6, 6.07) is 2.12. The average Bonchev–Trinajstić information content (AvgIpc) is 2.35. The number of aliphatic hydroxyl groups excluding tert-OH is 2. The number of halogens is 1. The summed E-state index contributed by atoms with van der Waals surface area (Å²) >= 11 is 5.72. The first kappa shape index (κ1) is 15.9. The molecule has 1 aromatic carbocycles. The molecule has 0 aliphatic heterocycles. The van der Waals surface area contributed by atoms with E-state index in [1.165, 1.54) is 6.07 Å². The summed E-state index contributed by atoms with van der Waals surface area (Å²) in [5.41, 5.74) is -0.241. The molecule has 9 heteroatoms. The molecular formula is C10H12ClNO6S. The zero-order valence-electron chi connectivity index (χ0n) is 9.58. The highest BCUT2D eigenvalue weighted by atomic mass is 35.5. The maximum absolute atomic E-state index is 11.9. The fraction of sp³-hybridized carbons (Fsp3) is 0.300. The number of hydrogen-bond donors (Lipinski definition) is 4. The van der Waals surface area contributed by atoms with Crippen LogP contribution in [-0.2, 0) is 10.0 Å². The highest BCUT2D eigenvalue weighted by Gasteiger charge is 2.23. The second kappa shape index (κ2) is 6.31. The van der Waals surface area contributed by atoms with E-state index in [2.05, 4.69) is 0 Å². The van der Waals surface area contributed by atoms with Gasteiger partial charge in [0.15, 0.2) is 0 Å². The Morgan fingerprint density at radius 2 is 1.89 bits per heavy atom. The summed E-state index contributed by atoms with van der Waals surface area (Å²) < 4.78 is 25.9. The van der Waals surface area contributed by atoms with Crippen LogP contribution in [0.25, 0.3) is 0 Å². The zero-order chi connectivity index (χ0) is 14.6. The van der Waals surface area contributed by atoms with Crippen molar-refractivity contribution in [2.24, 2.45) is 0 Å². The molecule has 0 heterocycles.